The van der Waals surface area contributed by atoms with E-state index in [-0.39, 0.29) is 18.4 Å². The second-order valence-electron chi connectivity index (χ2n) is 4.96. The summed E-state index contributed by atoms with van der Waals surface area (Å²) in [5.41, 5.74) is 2.06. The number of anilines is 1. The maximum Gasteiger partial charge on any atom is 0.294 e. The molecule has 0 aromatic heterocycles. The molecule has 0 saturated carbocycles. The summed E-state index contributed by atoms with van der Waals surface area (Å²) in [4.78, 5) is 40.2. The lowest BCUT2D eigenvalue weighted by Gasteiger charge is -2.14. The van der Waals surface area contributed by atoms with Crippen LogP contribution in [0.2, 0.25) is 0 Å². The van der Waals surface area contributed by atoms with Crippen molar-refractivity contribution < 1.29 is 19.5 Å². The Hall–Kier alpha value is -3.22. The van der Waals surface area contributed by atoms with E-state index in [0.717, 1.165) is 10.5 Å². The van der Waals surface area contributed by atoms with E-state index < -0.39 is 5.09 Å². The fourth-order valence-electron chi connectivity index (χ4n) is 2.47. The van der Waals surface area contributed by atoms with Crippen molar-refractivity contribution in [1.29, 1.82) is 0 Å². The third-order valence-corrected chi connectivity index (χ3v) is 3.58. The van der Waals surface area contributed by atoms with Crippen molar-refractivity contribution in [3.63, 3.8) is 0 Å². The average molecular weight is 312 g/mol. The minimum Gasteiger partial charge on any atom is -0.314 e. The summed E-state index contributed by atoms with van der Waals surface area (Å²) in [5.74, 6) is -0.704. The summed E-state index contributed by atoms with van der Waals surface area (Å²) in [5, 5.41) is 9.26. The average Bonchev–Trinajstić information content (AvgIpc) is 2.80. The number of nitrogens with zero attached hydrogens (tertiary/aromatic N) is 2. The molecule has 7 nitrogen and oxygen atoms in total. The quantitative estimate of drug-likeness (QED) is 0.480. The summed E-state index contributed by atoms with van der Waals surface area (Å²) in [6.45, 7) is -0.0423. The van der Waals surface area contributed by atoms with Gasteiger partial charge < -0.3 is 4.84 Å². The van der Waals surface area contributed by atoms with Crippen LogP contribution in [-0.4, -0.2) is 23.5 Å². The smallest absolute Gasteiger partial charge is 0.294 e. The third kappa shape index (κ3) is 2.76. The molecule has 7 heteroatoms. The Balaban J connectivity index is 1.77. The van der Waals surface area contributed by atoms with Gasteiger partial charge in [0.15, 0.2) is 0 Å². The minimum atomic E-state index is -0.840. The zero-order chi connectivity index (χ0) is 16.4. The first-order valence-corrected chi connectivity index (χ1v) is 6.92. The Bertz CT molecular complexity index is 750. The van der Waals surface area contributed by atoms with E-state index >= 15 is 0 Å². The van der Waals surface area contributed by atoms with E-state index in [9.17, 15) is 19.7 Å². The fraction of sp³-hybridized carbons (Fsp3) is 0.125. The molecule has 0 N–H and O–H groups in total. The van der Waals surface area contributed by atoms with Gasteiger partial charge in [-0.25, -0.2) is 4.90 Å². The van der Waals surface area contributed by atoms with Crippen LogP contribution in [0.3, 0.4) is 0 Å². The second kappa shape index (κ2) is 5.88. The molecule has 0 aliphatic carbocycles. The molecule has 2 aromatic rings. The second-order valence-corrected chi connectivity index (χ2v) is 4.96. The van der Waals surface area contributed by atoms with Gasteiger partial charge in [0.2, 0.25) is 0 Å². The lowest BCUT2D eigenvalue weighted by molar-refractivity contribution is -0.757. The number of fused-ring (bicyclic) bond motifs is 1. The Morgan fingerprint density at radius 3 is 2.04 bits per heavy atom. The highest BCUT2D eigenvalue weighted by molar-refractivity contribution is 6.34. The highest BCUT2D eigenvalue weighted by Crippen LogP contribution is 2.28. The Morgan fingerprint density at radius 1 is 0.957 bits per heavy atom. The molecule has 0 atom stereocenters. The third-order valence-electron chi connectivity index (χ3n) is 3.58. The van der Waals surface area contributed by atoms with Gasteiger partial charge in [-0.3, -0.25) is 9.59 Å². The first kappa shape index (κ1) is 14.7. The van der Waals surface area contributed by atoms with Gasteiger partial charge in [-0.05, 0) is 36.2 Å². The molecule has 0 spiro atoms. The molecule has 2 amide bonds. The van der Waals surface area contributed by atoms with Crippen LogP contribution in [0.15, 0.2) is 48.5 Å². The van der Waals surface area contributed by atoms with Crippen molar-refractivity contribution in [2.75, 3.05) is 11.5 Å². The molecule has 0 fully saturated rings. The Morgan fingerprint density at radius 2 is 1.52 bits per heavy atom. The SMILES string of the molecule is O=C1c2ccccc2C(=O)N1c1ccc(CCO[N+](=O)[O-])cc1. The lowest BCUT2D eigenvalue weighted by atomic mass is 10.1. The first-order chi connectivity index (χ1) is 11.1. The van der Waals surface area contributed by atoms with Crippen LogP contribution in [-0.2, 0) is 11.3 Å². The van der Waals surface area contributed by atoms with Crippen LogP contribution >= 0.6 is 0 Å². The van der Waals surface area contributed by atoms with Crippen LogP contribution in [0.1, 0.15) is 26.3 Å². The molecule has 23 heavy (non-hydrogen) atoms. The molecular formula is C16H12N2O5. The Labute approximate surface area is 131 Å². The number of hydrogen-bond acceptors (Lipinski definition) is 5. The topological polar surface area (TPSA) is 89.8 Å². The van der Waals surface area contributed by atoms with E-state index in [2.05, 4.69) is 4.84 Å². The largest absolute Gasteiger partial charge is 0.314 e. The molecule has 1 aliphatic rings. The summed E-state index contributed by atoms with van der Waals surface area (Å²) < 4.78 is 0. The van der Waals surface area contributed by atoms with Crippen molar-refractivity contribution in [1.82, 2.24) is 0 Å². The standard InChI is InChI=1S/C16H12N2O5/c19-15-13-3-1-2-4-14(13)16(20)17(15)12-7-5-11(6-8-12)9-10-23-18(21)22/h1-8H,9-10H2. The number of carbonyl (C=O) groups excluding carboxylic acids is 2. The molecule has 3 rings (SSSR count). The minimum absolute atomic E-state index is 0.0423. The van der Waals surface area contributed by atoms with E-state index in [1.807, 2.05) is 0 Å². The van der Waals surface area contributed by atoms with E-state index in [1.54, 1.807) is 48.5 Å². The predicted molar refractivity (Wildman–Crippen MR) is 80.7 cm³/mol. The molecule has 1 aliphatic heterocycles. The van der Waals surface area contributed by atoms with Gasteiger partial charge in [-0.15, -0.1) is 10.1 Å². The van der Waals surface area contributed by atoms with Crippen LogP contribution < -0.4 is 4.90 Å². The number of carbonyl (C=O) groups is 2. The van der Waals surface area contributed by atoms with Crippen molar-refractivity contribution in [2.24, 2.45) is 0 Å². The van der Waals surface area contributed by atoms with Gasteiger partial charge in [0.05, 0.1) is 16.8 Å². The van der Waals surface area contributed by atoms with Gasteiger partial charge in [-0.2, -0.15) is 0 Å². The summed E-state index contributed by atoms with van der Waals surface area (Å²) in [6.07, 6.45) is 0.364. The first-order valence-electron chi connectivity index (χ1n) is 6.92. The number of rotatable bonds is 5. The van der Waals surface area contributed by atoms with Gasteiger partial charge in [0.1, 0.15) is 6.61 Å². The molecule has 1 heterocycles. The normalized spacial score (nSPS) is 13.1. The van der Waals surface area contributed by atoms with Gasteiger partial charge in [-0.1, -0.05) is 24.3 Å². The number of hydrogen-bond donors (Lipinski definition) is 0. The zero-order valence-electron chi connectivity index (χ0n) is 12.0. The summed E-state index contributed by atoms with van der Waals surface area (Å²) in [6, 6.07) is 13.4. The van der Waals surface area contributed by atoms with E-state index in [0.29, 0.717) is 23.2 Å². The predicted octanol–water partition coefficient (Wildman–Crippen LogP) is 2.24. The molecule has 0 unspecified atom stereocenters. The Kier molecular flexibility index (Phi) is 3.76. The van der Waals surface area contributed by atoms with Crippen LogP contribution in [0.4, 0.5) is 5.69 Å². The van der Waals surface area contributed by atoms with Crippen LogP contribution in [0.5, 0.6) is 0 Å². The van der Waals surface area contributed by atoms with Crippen LogP contribution in [0, 0.1) is 10.1 Å². The molecule has 2 aromatic carbocycles. The highest BCUT2D eigenvalue weighted by atomic mass is 16.9. The lowest BCUT2D eigenvalue weighted by Crippen LogP contribution is -2.29. The highest BCUT2D eigenvalue weighted by Gasteiger charge is 2.36. The van der Waals surface area contributed by atoms with Gasteiger partial charge >= 0.3 is 0 Å². The van der Waals surface area contributed by atoms with Crippen molar-refractivity contribution in [2.45, 2.75) is 6.42 Å². The van der Waals surface area contributed by atoms with E-state index in [4.69, 9.17) is 0 Å². The summed E-state index contributed by atoms with van der Waals surface area (Å²) in [7, 11) is 0. The molecule has 0 bridgehead atoms. The maximum absolute atomic E-state index is 12.3. The molecular weight excluding hydrogens is 300 g/mol. The van der Waals surface area contributed by atoms with E-state index in [1.165, 1.54) is 0 Å². The van der Waals surface area contributed by atoms with Gasteiger partial charge in [0.25, 0.3) is 16.9 Å². The van der Waals surface area contributed by atoms with Crippen molar-refractivity contribution in [3.8, 4) is 0 Å². The monoisotopic (exact) mass is 312 g/mol. The number of benzene rings is 2. The summed E-state index contributed by atoms with van der Waals surface area (Å²) >= 11 is 0. The maximum atomic E-state index is 12.3. The molecule has 0 saturated heterocycles. The molecule has 0 radical (unpaired) electrons. The zero-order valence-corrected chi connectivity index (χ0v) is 12.0. The van der Waals surface area contributed by atoms with Crippen LogP contribution in [0.25, 0.3) is 0 Å². The fourth-order valence-corrected chi connectivity index (χ4v) is 2.47. The van der Waals surface area contributed by atoms with Gasteiger partial charge in [0, 0.05) is 0 Å². The number of imide groups is 1. The molecule has 116 valence electrons. The van der Waals surface area contributed by atoms with Crippen molar-refractivity contribution in [3.05, 3.63) is 75.3 Å². The number of amides is 2. The van der Waals surface area contributed by atoms with Crippen molar-refractivity contribution >= 4 is 17.5 Å².